The molecule has 3 aromatic heterocycles. The van der Waals surface area contributed by atoms with E-state index in [-0.39, 0.29) is 0 Å². The summed E-state index contributed by atoms with van der Waals surface area (Å²) in [6, 6.07) is 219. The minimum absolute atomic E-state index is 0.867. The Kier molecular flexibility index (Phi) is 22.6. The molecule has 0 amide bonds. The van der Waals surface area contributed by atoms with Crippen molar-refractivity contribution in [3.05, 3.63) is 595 Å². The molecule has 0 radical (unpaired) electrons. The van der Waals surface area contributed by atoms with Crippen LogP contribution in [0.4, 0.5) is 34.1 Å². The van der Waals surface area contributed by atoms with Gasteiger partial charge in [-0.05, 0) is 263 Å². The maximum atomic E-state index is 6.75. The van der Waals surface area contributed by atoms with Gasteiger partial charge in [0.25, 0.3) is 0 Å². The van der Waals surface area contributed by atoms with Crippen molar-refractivity contribution in [3.63, 3.8) is 0 Å². The van der Waals surface area contributed by atoms with Crippen LogP contribution in [0.3, 0.4) is 0 Å². The quantitative estimate of drug-likeness (QED) is 0.0433. The van der Waals surface area contributed by atoms with Gasteiger partial charge in [0, 0.05) is 72.4 Å². The van der Waals surface area contributed by atoms with Crippen LogP contribution in [0.15, 0.2) is 599 Å². The van der Waals surface area contributed by atoms with E-state index in [2.05, 4.69) is 613 Å². The van der Waals surface area contributed by atoms with E-state index in [1.807, 2.05) is 0 Å². The molecule has 149 heavy (non-hydrogen) atoms. The largest absolute Gasteiger partial charge is 0.456 e. The van der Waals surface area contributed by atoms with Crippen molar-refractivity contribution in [1.82, 2.24) is 9.13 Å². The minimum Gasteiger partial charge on any atom is -0.456 e. The minimum atomic E-state index is -2.75. The number of rotatable bonds is 20. The summed E-state index contributed by atoms with van der Waals surface area (Å²) in [5.41, 5.74) is 24.8. The molecule has 0 saturated carbocycles. The number of furan rings is 1. The molecule has 0 atom stereocenters. The molecule has 0 saturated heterocycles. The zero-order valence-electron chi connectivity index (χ0n) is 81.8. The SMILES string of the molecule is c1ccc(-n2c3ccccc3c3c(-c4ccc(N(c5ccc(-c6cccc7ccccc67)cc5)c5ccc([Si](c6ccccc6)(c6ccccc6)c6ccccc6)cc5)cc4)cc4oc5ccccc5c4c32)cc1.c1ccc(-n2c3ccccc3c3c(-c4ccc5c(ccc6cc(N(c7ccc(-c8cccc9ccccc89)cc7)c7ccc([Si](c8ccccc8)(c8ccccc8)c8ccccc8)cc7)ccc65)c4)cccc32)cc1. The Labute approximate surface area is 867 Å². The van der Waals surface area contributed by atoms with Gasteiger partial charge in [-0.15, -0.1) is 0 Å². The smallest absolute Gasteiger partial charge is 0.179 e. The lowest BCUT2D eigenvalue weighted by Gasteiger charge is -2.35. The number of anilines is 6. The van der Waals surface area contributed by atoms with Crippen LogP contribution in [0.1, 0.15) is 0 Å². The van der Waals surface area contributed by atoms with Gasteiger partial charge in [0.2, 0.25) is 0 Å². The number of benzene rings is 25. The molecular formula is C142H98N4OSi2. The van der Waals surface area contributed by atoms with E-state index in [0.29, 0.717) is 0 Å². The van der Waals surface area contributed by atoms with E-state index in [1.165, 1.54) is 151 Å². The average molecular weight is 1930 g/mol. The molecule has 5 nitrogen and oxygen atoms in total. The van der Waals surface area contributed by atoms with Gasteiger partial charge in [-0.1, -0.05) is 461 Å². The third-order valence-electron chi connectivity index (χ3n) is 30.6. The molecule has 7 heteroatoms. The molecule has 28 aromatic rings. The molecule has 28 rings (SSSR count). The fourth-order valence-electron chi connectivity index (χ4n) is 24.0. The van der Waals surface area contributed by atoms with Crippen LogP contribution < -0.4 is 51.3 Å². The predicted octanol–water partition coefficient (Wildman–Crippen LogP) is 32.4. The van der Waals surface area contributed by atoms with Crippen LogP contribution in [0.25, 0.3) is 165 Å². The van der Waals surface area contributed by atoms with Gasteiger partial charge in [-0.25, -0.2) is 0 Å². The van der Waals surface area contributed by atoms with Gasteiger partial charge in [0.1, 0.15) is 11.2 Å². The second-order valence-corrected chi connectivity index (χ2v) is 46.4. The molecule has 0 spiro atoms. The second-order valence-electron chi connectivity index (χ2n) is 38.8. The van der Waals surface area contributed by atoms with E-state index in [0.717, 1.165) is 89.6 Å². The summed E-state index contributed by atoms with van der Waals surface area (Å²) in [5.74, 6) is 0. The number of nitrogens with zero attached hydrogens (tertiary/aromatic N) is 4. The van der Waals surface area contributed by atoms with Gasteiger partial charge in [0.15, 0.2) is 16.1 Å². The van der Waals surface area contributed by atoms with Crippen LogP contribution in [-0.4, -0.2) is 25.3 Å². The average Bonchev–Trinajstić information content (AvgIpc) is 1.53. The van der Waals surface area contributed by atoms with E-state index < -0.39 is 16.1 Å². The summed E-state index contributed by atoms with van der Waals surface area (Å²) in [6.07, 6.45) is 0. The Morgan fingerprint density at radius 1 is 0.161 bits per heavy atom. The van der Waals surface area contributed by atoms with E-state index in [1.54, 1.807) is 0 Å². The topological polar surface area (TPSA) is 29.5 Å². The Morgan fingerprint density at radius 2 is 0.470 bits per heavy atom. The van der Waals surface area contributed by atoms with E-state index >= 15 is 0 Å². The number of hydrogen-bond acceptors (Lipinski definition) is 3. The molecule has 0 bridgehead atoms. The van der Waals surface area contributed by atoms with Crippen molar-refractivity contribution in [2.75, 3.05) is 9.80 Å². The highest BCUT2D eigenvalue weighted by Gasteiger charge is 2.43. The highest BCUT2D eigenvalue weighted by Crippen LogP contribution is 2.49. The molecular weight excluding hydrogens is 1830 g/mol. The fraction of sp³-hybridized carbons (Fsp3) is 0. The van der Waals surface area contributed by atoms with Crippen molar-refractivity contribution in [2.45, 2.75) is 0 Å². The number of fused-ring (bicyclic) bond motifs is 15. The molecule has 0 fully saturated rings. The lowest BCUT2D eigenvalue weighted by atomic mass is 9.95. The molecule has 25 aromatic carbocycles. The van der Waals surface area contributed by atoms with Crippen molar-refractivity contribution >= 4 is 200 Å². The number of aromatic nitrogens is 2. The maximum absolute atomic E-state index is 6.75. The molecule has 0 aliphatic heterocycles. The van der Waals surface area contributed by atoms with Gasteiger partial charge in [0.05, 0.1) is 27.5 Å². The molecule has 0 unspecified atom stereocenters. The molecule has 700 valence electrons. The first-order valence-electron chi connectivity index (χ1n) is 51.3. The van der Waals surface area contributed by atoms with Crippen molar-refractivity contribution < 1.29 is 4.42 Å². The Hall–Kier alpha value is -19.0. The molecule has 3 heterocycles. The van der Waals surface area contributed by atoms with Gasteiger partial charge in [-0.3, -0.25) is 0 Å². The fourth-order valence-corrected chi connectivity index (χ4v) is 33.5. The van der Waals surface area contributed by atoms with Crippen molar-refractivity contribution in [2.24, 2.45) is 0 Å². The van der Waals surface area contributed by atoms with Gasteiger partial charge >= 0.3 is 0 Å². The Bertz CT molecular complexity index is 9640. The normalized spacial score (nSPS) is 11.8. The monoisotopic (exact) mass is 1930 g/mol. The number of para-hydroxylation sites is 5. The highest BCUT2D eigenvalue weighted by atomic mass is 28.3. The summed E-state index contributed by atoms with van der Waals surface area (Å²) >= 11 is 0. The molecule has 0 aliphatic rings. The van der Waals surface area contributed by atoms with E-state index in [9.17, 15) is 0 Å². The van der Waals surface area contributed by atoms with Crippen LogP contribution in [-0.2, 0) is 0 Å². The first-order valence-corrected chi connectivity index (χ1v) is 55.3. The van der Waals surface area contributed by atoms with E-state index in [4.69, 9.17) is 4.42 Å². The highest BCUT2D eigenvalue weighted by molar-refractivity contribution is 7.20. The Morgan fingerprint density at radius 3 is 0.926 bits per heavy atom. The summed E-state index contributed by atoms with van der Waals surface area (Å²) in [4.78, 5) is 4.82. The summed E-state index contributed by atoms with van der Waals surface area (Å²) in [5, 5.41) is 27.8. The third-order valence-corrected chi connectivity index (χ3v) is 40.2. The first-order chi connectivity index (χ1) is 73.9. The summed E-state index contributed by atoms with van der Waals surface area (Å²) < 4.78 is 11.6. The Balaban J connectivity index is 0.000000147. The third kappa shape index (κ3) is 15.4. The van der Waals surface area contributed by atoms with Gasteiger partial charge < -0.3 is 23.4 Å². The number of hydrogen-bond donors (Lipinski definition) is 0. The van der Waals surface area contributed by atoms with Crippen LogP contribution >= 0.6 is 0 Å². The van der Waals surface area contributed by atoms with Crippen LogP contribution in [0, 0.1) is 0 Å². The van der Waals surface area contributed by atoms with Gasteiger partial charge in [-0.2, -0.15) is 0 Å². The standard InChI is InChI=1S/C72H50N2Si.C70H48N2OSi/c1-5-21-56(22-6-1)74-70-33-16-15-30-69(70)72-68(32-18-34-71(72)74)54-39-47-66-53(49-54)35-36-55-50-59(44-48-67(55)66)73(57-40-37-52(38-41-57)65-31-17-20-51-19-13-14-29-64(51)65)58-42-45-63(46-43-58)75(60-23-7-2-8-24-60,61-25-9-3-10-26-61)62-27-11-4-12-28-62;1-5-22-52(23-6-1)72-65-34-17-15-31-62(65)68-64(48-67-69(70(68)72)63-32-16-18-35-66(63)73-67)51-38-42-54(43-39-51)71(53-40-36-50(37-41-53)61-33-19-21-49-20-13-14-30-60(49)61)55-44-46-59(47-45-55)74(56-24-7-2-8-25-56,57-26-9-3-10-27-57)58-28-11-4-12-29-58/h1-50H;1-48H. The second kappa shape index (κ2) is 37.9. The first kappa shape index (κ1) is 88.9. The zero-order chi connectivity index (χ0) is 98.7. The zero-order valence-corrected chi connectivity index (χ0v) is 83.8. The van der Waals surface area contributed by atoms with Crippen LogP contribution in [0.5, 0.6) is 0 Å². The lowest BCUT2D eigenvalue weighted by Crippen LogP contribution is -2.74. The summed E-state index contributed by atoms with van der Waals surface area (Å²) in [6.45, 7) is 0. The lowest BCUT2D eigenvalue weighted by molar-refractivity contribution is 0.669. The predicted molar refractivity (Wildman–Crippen MR) is 637 cm³/mol. The van der Waals surface area contributed by atoms with Crippen molar-refractivity contribution in [1.29, 1.82) is 0 Å². The molecule has 0 N–H and O–H groups in total. The van der Waals surface area contributed by atoms with Crippen LogP contribution in [0.2, 0.25) is 0 Å². The molecule has 0 aliphatic carbocycles. The summed E-state index contributed by atoms with van der Waals surface area (Å²) in [7, 11) is -5.48. The van der Waals surface area contributed by atoms with Crippen molar-refractivity contribution in [3.8, 4) is 55.9 Å². The maximum Gasteiger partial charge on any atom is 0.179 e.